The lowest BCUT2D eigenvalue weighted by atomic mass is 10.1. The van der Waals surface area contributed by atoms with Crippen LogP contribution in [0.15, 0.2) is 42.5 Å². The Bertz CT molecular complexity index is 644. The van der Waals surface area contributed by atoms with Crippen LogP contribution in [0.2, 0.25) is 10.0 Å². The number of rotatable bonds is 5. The Morgan fingerprint density at radius 3 is 2.33 bits per heavy atom. The number of hydrogen-bond acceptors (Lipinski definition) is 2. The zero-order valence-corrected chi connectivity index (χ0v) is 12.2. The van der Waals surface area contributed by atoms with Crippen LogP contribution in [0.4, 0.5) is 4.39 Å². The fourth-order valence-electron chi connectivity index (χ4n) is 1.74. The number of carbonyl (C=O) groups is 1. The molecule has 0 amide bonds. The first-order chi connectivity index (χ1) is 9.95. The predicted octanol–water partition coefficient (Wildman–Crippen LogP) is 4.21. The molecular formula is C15H11Cl2FO3. The van der Waals surface area contributed by atoms with Gasteiger partial charge in [-0.25, -0.2) is 9.18 Å². The molecule has 0 aliphatic heterocycles. The summed E-state index contributed by atoms with van der Waals surface area (Å²) in [6.45, 7) is 0. The van der Waals surface area contributed by atoms with Crippen molar-refractivity contribution in [2.75, 3.05) is 0 Å². The van der Waals surface area contributed by atoms with E-state index in [-0.39, 0.29) is 17.2 Å². The third kappa shape index (κ3) is 4.34. The molecule has 2 aromatic carbocycles. The Hall–Kier alpha value is -1.78. The lowest BCUT2D eigenvalue weighted by Gasteiger charge is -2.16. The van der Waals surface area contributed by atoms with Gasteiger partial charge in [0.2, 0.25) is 0 Å². The van der Waals surface area contributed by atoms with E-state index >= 15 is 0 Å². The molecule has 0 radical (unpaired) electrons. The maximum atomic E-state index is 13.6. The molecule has 0 spiro atoms. The molecule has 1 N–H and O–H groups in total. The van der Waals surface area contributed by atoms with Crippen molar-refractivity contribution in [1.82, 2.24) is 0 Å². The Kier molecular flexibility index (Phi) is 5.04. The van der Waals surface area contributed by atoms with Crippen molar-refractivity contribution >= 4 is 29.2 Å². The van der Waals surface area contributed by atoms with Crippen molar-refractivity contribution in [2.45, 2.75) is 12.5 Å². The van der Waals surface area contributed by atoms with E-state index in [4.69, 9.17) is 27.9 Å². The van der Waals surface area contributed by atoms with Gasteiger partial charge >= 0.3 is 5.97 Å². The van der Waals surface area contributed by atoms with Crippen LogP contribution < -0.4 is 4.74 Å². The molecular weight excluding hydrogens is 318 g/mol. The highest BCUT2D eigenvalue weighted by molar-refractivity contribution is 6.30. The smallest absolute Gasteiger partial charge is 0.345 e. The summed E-state index contributed by atoms with van der Waals surface area (Å²) >= 11 is 11.4. The molecule has 0 heterocycles. The molecule has 0 aliphatic carbocycles. The molecule has 0 aromatic heterocycles. The molecule has 21 heavy (non-hydrogen) atoms. The normalized spacial score (nSPS) is 12.0. The number of aliphatic carboxylic acids is 1. The topological polar surface area (TPSA) is 46.5 Å². The van der Waals surface area contributed by atoms with E-state index in [2.05, 4.69) is 0 Å². The fraction of sp³-hybridized carbons (Fsp3) is 0.133. The largest absolute Gasteiger partial charge is 0.478 e. The van der Waals surface area contributed by atoms with E-state index in [1.165, 1.54) is 12.1 Å². The van der Waals surface area contributed by atoms with E-state index in [1.54, 1.807) is 24.3 Å². The Morgan fingerprint density at radius 2 is 1.76 bits per heavy atom. The Labute approximate surface area is 130 Å². The van der Waals surface area contributed by atoms with Crippen LogP contribution in [0.1, 0.15) is 5.56 Å². The number of ether oxygens (including phenoxy) is 1. The quantitative estimate of drug-likeness (QED) is 0.894. The summed E-state index contributed by atoms with van der Waals surface area (Å²) in [6, 6.07) is 10.5. The predicted molar refractivity (Wildman–Crippen MR) is 78.6 cm³/mol. The third-order valence-electron chi connectivity index (χ3n) is 2.77. The van der Waals surface area contributed by atoms with Gasteiger partial charge in [0.25, 0.3) is 0 Å². The van der Waals surface area contributed by atoms with Gasteiger partial charge in [0.15, 0.2) is 17.7 Å². The molecule has 0 unspecified atom stereocenters. The van der Waals surface area contributed by atoms with Crippen LogP contribution in [0.25, 0.3) is 0 Å². The van der Waals surface area contributed by atoms with E-state index in [0.29, 0.717) is 5.02 Å². The number of hydrogen-bond donors (Lipinski definition) is 1. The van der Waals surface area contributed by atoms with Crippen molar-refractivity contribution in [1.29, 1.82) is 0 Å². The molecule has 110 valence electrons. The van der Waals surface area contributed by atoms with Gasteiger partial charge in [-0.1, -0.05) is 35.3 Å². The van der Waals surface area contributed by atoms with Gasteiger partial charge in [0, 0.05) is 16.5 Å². The number of carboxylic acid groups (broad SMARTS) is 1. The highest BCUT2D eigenvalue weighted by atomic mass is 35.5. The van der Waals surface area contributed by atoms with Crippen LogP contribution in [0.5, 0.6) is 5.75 Å². The van der Waals surface area contributed by atoms with E-state index in [0.717, 1.165) is 11.6 Å². The van der Waals surface area contributed by atoms with E-state index < -0.39 is 17.9 Å². The van der Waals surface area contributed by atoms with E-state index in [9.17, 15) is 14.3 Å². The van der Waals surface area contributed by atoms with Crippen LogP contribution in [-0.2, 0) is 11.2 Å². The van der Waals surface area contributed by atoms with Gasteiger partial charge in [-0.15, -0.1) is 0 Å². The minimum absolute atomic E-state index is 0.0918. The molecule has 0 saturated carbocycles. The molecule has 0 bridgehead atoms. The van der Waals surface area contributed by atoms with Crippen molar-refractivity contribution in [3.05, 3.63) is 63.9 Å². The van der Waals surface area contributed by atoms with Gasteiger partial charge < -0.3 is 9.84 Å². The van der Waals surface area contributed by atoms with Gasteiger partial charge in [-0.2, -0.15) is 0 Å². The average molecular weight is 329 g/mol. The lowest BCUT2D eigenvalue weighted by molar-refractivity contribution is -0.145. The first-order valence-electron chi connectivity index (χ1n) is 6.04. The Morgan fingerprint density at radius 1 is 1.14 bits per heavy atom. The van der Waals surface area contributed by atoms with Crippen molar-refractivity contribution in [3.8, 4) is 5.75 Å². The number of carboxylic acids is 1. The lowest BCUT2D eigenvalue weighted by Crippen LogP contribution is -2.29. The van der Waals surface area contributed by atoms with Gasteiger partial charge in [0.1, 0.15) is 0 Å². The number of halogens is 3. The third-order valence-corrected chi connectivity index (χ3v) is 3.26. The monoisotopic (exact) mass is 328 g/mol. The minimum Gasteiger partial charge on any atom is -0.478 e. The second kappa shape index (κ2) is 6.78. The first-order valence-corrected chi connectivity index (χ1v) is 6.80. The van der Waals surface area contributed by atoms with Crippen LogP contribution in [0.3, 0.4) is 0 Å². The molecule has 1 atom stereocenters. The second-order valence-electron chi connectivity index (χ2n) is 4.35. The van der Waals surface area contributed by atoms with Gasteiger partial charge in [-0.05, 0) is 35.9 Å². The number of benzene rings is 2. The van der Waals surface area contributed by atoms with Crippen molar-refractivity contribution in [2.24, 2.45) is 0 Å². The van der Waals surface area contributed by atoms with Gasteiger partial charge in [-0.3, -0.25) is 0 Å². The molecule has 0 fully saturated rings. The van der Waals surface area contributed by atoms with E-state index in [1.807, 2.05) is 0 Å². The minimum atomic E-state index is -1.21. The van der Waals surface area contributed by atoms with Crippen LogP contribution in [-0.4, -0.2) is 17.2 Å². The SMILES string of the molecule is O=C(O)[C@H](Cc1ccc(Cl)cc1)Oc1ccc(Cl)cc1F. The first kappa shape index (κ1) is 15.6. The van der Waals surface area contributed by atoms with Crippen LogP contribution >= 0.6 is 23.2 Å². The molecule has 0 aliphatic rings. The summed E-state index contributed by atoms with van der Waals surface area (Å²) in [5, 5.41) is 9.96. The summed E-state index contributed by atoms with van der Waals surface area (Å²) in [7, 11) is 0. The maximum Gasteiger partial charge on any atom is 0.345 e. The fourth-order valence-corrected chi connectivity index (χ4v) is 2.02. The van der Waals surface area contributed by atoms with Crippen LogP contribution in [0, 0.1) is 5.82 Å². The Balaban J connectivity index is 2.15. The zero-order chi connectivity index (χ0) is 15.4. The highest BCUT2D eigenvalue weighted by Gasteiger charge is 2.21. The van der Waals surface area contributed by atoms with Crippen molar-refractivity contribution in [3.63, 3.8) is 0 Å². The molecule has 0 saturated heterocycles. The standard InChI is InChI=1S/C15H11Cl2FO3/c16-10-3-1-9(2-4-10)7-14(15(19)20)21-13-6-5-11(17)8-12(13)18/h1-6,8,14H,7H2,(H,19,20)/t14-/m0/s1. The molecule has 2 aromatic rings. The zero-order valence-electron chi connectivity index (χ0n) is 10.7. The molecule has 3 nitrogen and oxygen atoms in total. The molecule has 2 rings (SSSR count). The summed E-state index contributed by atoms with van der Waals surface area (Å²) in [6.07, 6.45) is -1.11. The summed E-state index contributed by atoms with van der Waals surface area (Å²) in [5.41, 5.74) is 0.723. The van der Waals surface area contributed by atoms with Crippen molar-refractivity contribution < 1.29 is 19.0 Å². The summed E-state index contributed by atoms with van der Waals surface area (Å²) in [4.78, 5) is 11.3. The van der Waals surface area contributed by atoms with Gasteiger partial charge in [0.05, 0.1) is 0 Å². The summed E-state index contributed by atoms with van der Waals surface area (Å²) < 4.78 is 18.9. The maximum absolute atomic E-state index is 13.6. The summed E-state index contributed by atoms with van der Waals surface area (Å²) in [5.74, 6) is -2.04. The highest BCUT2D eigenvalue weighted by Crippen LogP contribution is 2.23. The molecule has 6 heteroatoms. The second-order valence-corrected chi connectivity index (χ2v) is 5.22. The average Bonchev–Trinajstić information content (AvgIpc) is 2.43.